The molecule has 0 unspecified atom stereocenters. The van der Waals surface area contributed by atoms with E-state index in [2.05, 4.69) is 20.8 Å². The van der Waals surface area contributed by atoms with Gasteiger partial charge < -0.3 is 20.3 Å². The predicted molar refractivity (Wildman–Crippen MR) is 91.1 cm³/mol. The summed E-state index contributed by atoms with van der Waals surface area (Å²) in [4.78, 5) is 14.1. The molecule has 1 heterocycles. The van der Waals surface area contributed by atoms with E-state index in [1.165, 1.54) is 0 Å². The molecule has 7 heteroatoms. The SMILES string of the molecule is COCCNc1ccc(C(=O)Nc2ccc(N(C)C)cc2)nn1. The first kappa shape index (κ1) is 16.7. The minimum absolute atomic E-state index is 0.263. The highest BCUT2D eigenvalue weighted by atomic mass is 16.5. The molecule has 122 valence electrons. The number of benzene rings is 1. The zero-order valence-electron chi connectivity index (χ0n) is 13.5. The first-order valence-corrected chi connectivity index (χ1v) is 7.25. The van der Waals surface area contributed by atoms with E-state index in [9.17, 15) is 4.79 Å². The number of rotatable bonds is 7. The van der Waals surface area contributed by atoms with Crippen molar-refractivity contribution in [2.75, 3.05) is 49.9 Å². The van der Waals surface area contributed by atoms with Crippen molar-refractivity contribution in [1.82, 2.24) is 10.2 Å². The van der Waals surface area contributed by atoms with Gasteiger partial charge in [0.05, 0.1) is 6.61 Å². The van der Waals surface area contributed by atoms with Crippen LogP contribution in [0.15, 0.2) is 36.4 Å². The first-order valence-electron chi connectivity index (χ1n) is 7.25. The molecular weight excluding hydrogens is 294 g/mol. The van der Waals surface area contributed by atoms with Crippen molar-refractivity contribution in [2.45, 2.75) is 0 Å². The van der Waals surface area contributed by atoms with Gasteiger partial charge in [0.15, 0.2) is 5.69 Å². The number of nitrogens with one attached hydrogen (secondary N) is 2. The zero-order valence-corrected chi connectivity index (χ0v) is 13.5. The molecule has 1 aromatic heterocycles. The second-order valence-corrected chi connectivity index (χ2v) is 5.12. The molecular formula is C16H21N5O2. The maximum absolute atomic E-state index is 12.1. The van der Waals surface area contributed by atoms with Crippen molar-refractivity contribution in [3.63, 3.8) is 0 Å². The number of ether oxygens (including phenoxy) is 1. The number of anilines is 3. The number of nitrogens with zero attached hydrogens (tertiary/aromatic N) is 3. The van der Waals surface area contributed by atoms with Gasteiger partial charge in [-0.25, -0.2) is 0 Å². The van der Waals surface area contributed by atoms with E-state index >= 15 is 0 Å². The van der Waals surface area contributed by atoms with Crippen LogP contribution in [-0.2, 0) is 4.74 Å². The van der Waals surface area contributed by atoms with E-state index < -0.39 is 0 Å². The molecule has 0 aliphatic carbocycles. The Labute approximate surface area is 135 Å². The van der Waals surface area contributed by atoms with Crippen LogP contribution < -0.4 is 15.5 Å². The lowest BCUT2D eigenvalue weighted by Crippen LogP contribution is -2.16. The first-order chi connectivity index (χ1) is 11.1. The third-order valence-electron chi connectivity index (χ3n) is 3.15. The summed E-state index contributed by atoms with van der Waals surface area (Å²) in [6.07, 6.45) is 0. The van der Waals surface area contributed by atoms with E-state index in [0.717, 1.165) is 5.69 Å². The third-order valence-corrected chi connectivity index (χ3v) is 3.15. The summed E-state index contributed by atoms with van der Waals surface area (Å²) in [5, 5.41) is 13.7. The molecule has 1 aromatic carbocycles. The molecule has 7 nitrogen and oxygen atoms in total. The lowest BCUT2D eigenvalue weighted by Gasteiger charge is -2.13. The average Bonchev–Trinajstić information content (AvgIpc) is 2.56. The summed E-state index contributed by atoms with van der Waals surface area (Å²) in [6, 6.07) is 10.9. The van der Waals surface area contributed by atoms with Crippen LogP contribution in [0.4, 0.5) is 17.2 Å². The number of methoxy groups -OCH3 is 1. The minimum atomic E-state index is -0.293. The molecule has 0 saturated carbocycles. The molecule has 0 aliphatic heterocycles. The molecule has 2 rings (SSSR count). The molecule has 2 N–H and O–H groups in total. The Bertz CT molecular complexity index is 626. The van der Waals surface area contributed by atoms with E-state index in [1.54, 1.807) is 19.2 Å². The number of carbonyl (C=O) groups excluding carboxylic acids is 1. The van der Waals surface area contributed by atoms with Gasteiger partial charge in [-0.1, -0.05) is 0 Å². The van der Waals surface area contributed by atoms with Crippen molar-refractivity contribution in [3.8, 4) is 0 Å². The summed E-state index contributed by atoms with van der Waals surface area (Å²) in [5.41, 5.74) is 2.04. The second kappa shape index (κ2) is 8.09. The van der Waals surface area contributed by atoms with Crippen LogP contribution in [0.25, 0.3) is 0 Å². The Hall–Kier alpha value is -2.67. The summed E-state index contributed by atoms with van der Waals surface area (Å²) in [6.45, 7) is 1.21. The van der Waals surface area contributed by atoms with Crippen LogP contribution in [-0.4, -0.2) is 50.5 Å². The predicted octanol–water partition coefficient (Wildman–Crippen LogP) is 1.85. The lowest BCUT2D eigenvalue weighted by atomic mass is 10.2. The minimum Gasteiger partial charge on any atom is -0.383 e. The lowest BCUT2D eigenvalue weighted by molar-refractivity contribution is 0.102. The van der Waals surface area contributed by atoms with E-state index in [0.29, 0.717) is 24.7 Å². The van der Waals surface area contributed by atoms with Gasteiger partial charge in [-0.2, -0.15) is 0 Å². The van der Waals surface area contributed by atoms with E-state index in [1.807, 2.05) is 43.3 Å². The van der Waals surface area contributed by atoms with Crippen LogP contribution in [0.2, 0.25) is 0 Å². The molecule has 0 fully saturated rings. The maximum atomic E-state index is 12.1. The van der Waals surface area contributed by atoms with Crippen molar-refractivity contribution in [3.05, 3.63) is 42.1 Å². The molecule has 2 aromatic rings. The van der Waals surface area contributed by atoms with Crippen LogP contribution in [0.3, 0.4) is 0 Å². The van der Waals surface area contributed by atoms with Crippen molar-refractivity contribution in [2.24, 2.45) is 0 Å². The molecule has 1 amide bonds. The Kier molecular flexibility index (Phi) is 5.87. The van der Waals surface area contributed by atoms with E-state index in [4.69, 9.17) is 4.74 Å². The quantitative estimate of drug-likeness (QED) is 0.759. The van der Waals surface area contributed by atoms with Crippen LogP contribution in [0.5, 0.6) is 0 Å². The number of amides is 1. The maximum Gasteiger partial charge on any atom is 0.276 e. The highest BCUT2D eigenvalue weighted by molar-refractivity contribution is 6.02. The molecule has 23 heavy (non-hydrogen) atoms. The largest absolute Gasteiger partial charge is 0.383 e. The smallest absolute Gasteiger partial charge is 0.276 e. The summed E-state index contributed by atoms with van der Waals surface area (Å²) < 4.78 is 4.94. The Balaban J connectivity index is 1.94. The monoisotopic (exact) mass is 315 g/mol. The van der Waals surface area contributed by atoms with Gasteiger partial charge in [-0.15, -0.1) is 10.2 Å². The Morgan fingerprint density at radius 2 is 1.87 bits per heavy atom. The number of hydrogen-bond acceptors (Lipinski definition) is 6. The van der Waals surface area contributed by atoms with E-state index in [-0.39, 0.29) is 11.6 Å². The van der Waals surface area contributed by atoms with Crippen molar-refractivity contribution >= 4 is 23.1 Å². The standard InChI is InChI=1S/C16H21N5O2/c1-21(2)13-6-4-12(5-7-13)18-16(22)14-8-9-15(20-19-14)17-10-11-23-3/h4-9H,10-11H2,1-3H3,(H,17,20)(H,18,22). The summed E-state index contributed by atoms with van der Waals surface area (Å²) in [7, 11) is 5.56. The fourth-order valence-corrected chi connectivity index (χ4v) is 1.87. The molecule has 0 radical (unpaired) electrons. The average molecular weight is 315 g/mol. The Morgan fingerprint density at radius 1 is 1.13 bits per heavy atom. The van der Waals surface area contributed by atoms with Crippen molar-refractivity contribution in [1.29, 1.82) is 0 Å². The number of carbonyl (C=O) groups is 1. The molecule has 0 bridgehead atoms. The Morgan fingerprint density at radius 3 is 2.43 bits per heavy atom. The summed E-state index contributed by atoms with van der Waals surface area (Å²) >= 11 is 0. The third kappa shape index (κ3) is 4.93. The fraction of sp³-hybridized carbons (Fsp3) is 0.312. The number of aromatic nitrogens is 2. The number of hydrogen-bond donors (Lipinski definition) is 2. The van der Waals surface area contributed by atoms with Crippen LogP contribution in [0, 0.1) is 0 Å². The van der Waals surface area contributed by atoms with Gasteiger partial charge in [-0.05, 0) is 36.4 Å². The normalized spacial score (nSPS) is 10.2. The zero-order chi connectivity index (χ0) is 16.7. The summed E-state index contributed by atoms with van der Waals surface area (Å²) in [5.74, 6) is 0.312. The highest BCUT2D eigenvalue weighted by Crippen LogP contribution is 2.16. The van der Waals surface area contributed by atoms with Gasteiger partial charge in [0.1, 0.15) is 5.82 Å². The van der Waals surface area contributed by atoms with Crippen LogP contribution >= 0.6 is 0 Å². The van der Waals surface area contributed by atoms with Crippen LogP contribution in [0.1, 0.15) is 10.5 Å². The molecule has 0 aliphatic rings. The second-order valence-electron chi connectivity index (χ2n) is 5.12. The van der Waals surface area contributed by atoms with Gasteiger partial charge in [-0.3, -0.25) is 4.79 Å². The fourth-order valence-electron chi connectivity index (χ4n) is 1.87. The molecule has 0 atom stereocenters. The van der Waals surface area contributed by atoms with Gasteiger partial charge >= 0.3 is 0 Å². The van der Waals surface area contributed by atoms with Gasteiger partial charge in [0, 0.05) is 39.1 Å². The highest BCUT2D eigenvalue weighted by Gasteiger charge is 2.09. The molecule has 0 spiro atoms. The topological polar surface area (TPSA) is 79.4 Å². The van der Waals surface area contributed by atoms with Gasteiger partial charge in [0.2, 0.25) is 0 Å². The van der Waals surface area contributed by atoms with Gasteiger partial charge in [0.25, 0.3) is 5.91 Å². The molecule has 0 saturated heterocycles. The van der Waals surface area contributed by atoms with Crippen molar-refractivity contribution < 1.29 is 9.53 Å².